The van der Waals surface area contributed by atoms with Gasteiger partial charge in [0.1, 0.15) is 21.6 Å². The molecule has 0 spiro atoms. The number of hydrogen-bond donors (Lipinski definition) is 0. The third-order valence-electron chi connectivity index (χ3n) is 3.30. The molecule has 3 aromatic rings. The third-order valence-corrected chi connectivity index (χ3v) is 4.68. The summed E-state index contributed by atoms with van der Waals surface area (Å²) in [5, 5.41) is 0.546. The van der Waals surface area contributed by atoms with Gasteiger partial charge in [0.15, 0.2) is 0 Å². The number of rotatable bonds is 4. The minimum atomic E-state index is -1.34. The second-order valence-electron chi connectivity index (χ2n) is 4.66. The lowest BCUT2D eigenvalue weighted by Crippen LogP contribution is -1.98. The molecule has 4 heteroatoms. The van der Waals surface area contributed by atoms with Crippen LogP contribution in [0, 0.1) is 0 Å². The van der Waals surface area contributed by atoms with Crippen molar-refractivity contribution in [3.8, 4) is 16.9 Å². The van der Waals surface area contributed by atoms with Gasteiger partial charge in [-0.05, 0) is 35.9 Å². The molecule has 0 aliphatic heterocycles. The number of nitrogens with zero attached hydrogens (tertiary/aromatic N) is 1. The molecule has 3 rings (SSSR count). The molecule has 0 aliphatic carbocycles. The number of benzene rings is 2. The maximum Gasteiger partial charge on any atom is 0.132 e. The van der Waals surface area contributed by atoms with Crippen molar-refractivity contribution in [2.75, 3.05) is 7.11 Å². The monoisotopic (exact) mass is 309 g/mol. The summed E-state index contributed by atoms with van der Waals surface area (Å²) in [5.74, 6) is 0.737. The molecule has 0 aliphatic rings. The molecule has 0 fully saturated rings. The van der Waals surface area contributed by atoms with Crippen molar-refractivity contribution >= 4 is 10.8 Å². The van der Waals surface area contributed by atoms with Crippen LogP contribution >= 0.6 is 0 Å². The van der Waals surface area contributed by atoms with Gasteiger partial charge in [-0.2, -0.15) is 0 Å². The minimum Gasteiger partial charge on any atom is -0.497 e. The lowest BCUT2D eigenvalue weighted by atomic mass is 10.1. The van der Waals surface area contributed by atoms with Crippen LogP contribution in [-0.4, -0.2) is 16.3 Å². The van der Waals surface area contributed by atoms with Crippen LogP contribution in [-0.2, 0) is 10.8 Å². The van der Waals surface area contributed by atoms with Gasteiger partial charge in [0.05, 0.1) is 12.0 Å². The van der Waals surface area contributed by atoms with Crippen LogP contribution in [0.4, 0.5) is 0 Å². The van der Waals surface area contributed by atoms with Crippen LogP contribution in [0.3, 0.4) is 0 Å². The summed E-state index contributed by atoms with van der Waals surface area (Å²) in [4.78, 5) is 4.93. The number of methoxy groups -OCH3 is 1. The van der Waals surface area contributed by atoms with E-state index in [-0.39, 0.29) is 0 Å². The van der Waals surface area contributed by atoms with Gasteiger partial charge in [-0.1, -0.05) is 36.4 Å². The highest BCUT2D eigenvalue weighted by molar-refractivity contribution is 7.85. The maximum atomic E-state index is 12.8. The summed E-state index contributed by atoms with van der Waals surface area (Å²) < 4.78 is 18.2. The summed E-state index contributed by atoms with van der Waals surface area (Å²) in [5.41, 5.74) is 1.89. The van der Waals surface area contributed by atoms with E-state index in [4.69, 9.17) is 4.74 Å². The van der Waals surface area contributed by atoms with Gasteiger partial charge in [0.2, 0.25) is 0 Å². The van der Waals surface area contributed by atoms with Crippen molar-refractivity contribution in [1.82, 2.24) is 4.98 Å². The minimum absolute atomic E-state index is 0.546. The van der Waals surface area contributed by atoms with Crippen LogP contribution in [0.1, 0.15) is 0 Å². The fourth-order valence-corrected chi connectivity index (χ4v) is 3.36. The van der Waals surface area contributed by atoms with Crippen LogP contribution in [0.25, 0.3) is 11.1 Å². The largest absolute Gasteiger partial charge is 0.497 e. The highest BCUT2D eigenvalue weighted by Crippen LogP contribution is 2.31. The normalized spacial score (nSPS) is 11.9. The first kappa shape index (κ1) is 14.5. The molecular weight excluding hydrogens is 294 g/mol. The average Bonchev–Trinajstić information content (AvgIpc) is 2.62. The second-order valence-corrected chi connectivity index (χ2v) is 6.06. The first-order chi connectivity index (χ1) is 10.8. The highest BCUT2D eigenvalue weighted by Gasteiger charge is 2.15. The highest BCUT2D eigenvalue weighted by atomic mass is 32.2. The Morgan fingerprint density at radius 1 is 0.955 bits per heavy atom. The molecule has 3 nitrogen and oxygen atoms in total. The zero-order valence-corrected chi connectivity index (χ0v) is 12.9. The van der Waals surface area contributed by atoms with Gasteiger partial charge in [-0.15, -0.1) is 0 Å². The molecule has 0 saturated carbocycles. The Bertz CT molecular complexity index is 789. The van der Waals surface area contributed by atoms with E-state index in [1.165, 1.54) is 0 Å². The van der Waals surface area contributed by atoms with E-state index in [1.54, 1.807) is 19.4 Å². The van der Waals surface area contributed by atoms with E-state index in [2.05, 4.69) is 4.98 Å². The van der Waals surface area contributed by atoms with Crippen molar-refractivity contribution < 1.29 is 8.95 Å². The van der Waals surface area contributed by atoms with Gasteiger partial charge in [0, 0.05) is 11.8 Å². The van der Waals surface area contributed by atoms with Crippen molar-refractivity contribution in [3.05, 3.63) is 72.9 Å². The summed E-state index contributed by atoms with van der Waals surface area (Å²) in [6.45, 7) is 0. The second kappa shape index (κ2) is 6.54. The molecule has 1 atom stereocenters. The Kier molecular flexibility index (Phi) is 4.30. The van der Waals surface area contributed by atoms with Gasteiger partial charge in [-0.25, -0.2) is 9.19 Å². The predicted molar refractivity (Wildman–Crippen MR) is 87.3 cm³/mol. The Morgan fingerprint density at radius 3 is 2.41 bits per heavy atom. The van der Waals surface area contributed by atoms with E-state index < -0.39 is 10.8 Å². The van der Waals surface area contributed by atoms with Crippen molar-refractivity contribution in [2.24, 2.45) is 0 Å². The number of ether oxygens (including phenoxy) is 1. The Balaban J connectivity index is 2.14. The molecule has 0 N–H and O–H groups in total. The summed E-state index contributed by atoms with van der Waals surface area (Å²) in [6, 6.07) is 20.9. The van der Waals surface area contributed by atoms with Gasteiger partial charge >= 0.3 is 0 Å². The Morgan fingerprint density at radius 2 is 1.73 bits per heavy atom. The molecule has 1 unspecified atom stereocenters. The molecular formula is C18H15NO2S. The number of hydrogen-bond acceptors (Lipinski definition) is 3. The smallest absolute Gasteiger partial charge is 0.132 e. The number of aromatic nitrogens is 1. The maximum absolute atomic E-state index is 12.8. The zero-order chi connectivity index (χ0) is 15.4. The van der Waals surface area contributed by atoms with Crippen LogP contribution < -0.4 is 4.74 Å². The fraction of sp³-hybridized carbons (Fsp3) is 0.0556. The lowest BCUT2D eigenvalue weighted by molar-refractivity contribution is 0.414. The molecule has 0 saturated heterocycles. The first-order valence-corrected chi connectivity index (χ1v) is 8.01. The summed E-state index contributed by atoms with van der Waals surface area (Å²) >= 11 is 0. The van der Waals surface area contributed by atoms with Gasteiger partial charge < -0.3 is 4.74 Å². The van der Waals surface area contributed by atoms with Crippen LogP contribution in [0.5, 0.6) is 5.75 Å². The Hall–Kier alpha value is -2.46. The Labute approximate surface area is 132 Å². The van der Waals surface area contributed by atoms with E-state index in [9.17, 15) is 4.21 Å². The molecule has 0 amide bonds. The topological polar surface area (TPSA) is 39.2 Å². The first-order valence-electron chi connectivity index (χ1n) is 6.86. The van der Waals surface area contributed by atoms with Crippen molar-refractivity contribution in [1.29, 1.82) is 0 Å². The quantitative estimate of drug-likeness (QED) is 0.733. The van der Waals surface area contributed by atoms with Gasteiger partial charge in [-0.3, -0.25) is 0 Å². The van der Waals surface area contributed by atoms with Crippen molar-refractivity contribution in [3.63, 3.8) is 0 Å². The standard InChI is InChI=1S/C18H15NO2S/c1-21-15-10-11-17(22(20)18-9-5-6-12-19-18)16(13-15)14-7-3-2-4-8-14/h2-13H,1H3. The SMILES string of the molecule is COc1ccc(S(=O)c2ccccn2)c(-c2ccccc2)c1. The van der Waals surface area contributed by atoms with E-state index >= 15 is 0 Å². The average molecular weight is 309 g/mol. The third kappa shape index (κ3) is 2.92. The number of pyridine rings is 1. The predicted octanol–water partition coefficient (Wildman–Crippen LogP) is 3.92. The molecule has 1 aromatic heterocycles. The summed E-state index contributed by atoms with van der Waals surface area (Å²) in [6.07, 6.45) is 1.65. The van der Waals surface area contributed by atoms with E-state index in [0.717, 1.165) is 21.8 Å². The molecule has 0 radical (unpaired) electrons. The summed E-state index contributed by atoms with van der Waals surface area (Å²) in [7, 11) is 0.289. The van der Waals surface area contributed by atoms with Gasteiger partial charge in [0.25, 0.3) is 0 Å². The molecule has 0 bridgehead atoms. The van der Waals surface area contributed by atoms with Crippen LogP contribution in [0.2, 0.25) is 0 Å². The molecule has 110 valence electrons. The molecule has 22 heavy (non-hydrogen) atoms. The fourth-order valence-electron chi connectivity index (χ4n) is 2.21. The van der Waals surface area contributed by atoms with Crippen molar-refractivity contribution in [2.45, 2.75) is 9.92 Å². The van der Waals surface area contributed by atoms with Crippen LogP contribution in [0.15, 0.2) is 82.8 Å². The molecule has 2 aromatic carbocycles. The zero-order valence-electron chi connectivity index (χ0n) is 12.1. The van der Waals surface area contributed by atoms with E-state index in [1.807, 2.05) is 60.7 Å². The van der Waals surface area contributed by atoms with E-state index in [0.29, 0.717) is 5.03 Å². The molecule has 1 heterocycles. The lowest BCUT2D eigenvalue weighted by Gasteiger charge is -2.11.